The van der Waals surface area contributed by atoms with Crippen molar-refractivity contribution < 1.29 is 24.3 Å². The van der Waals surface area contributed by atoms with Crippen LogP contribution >= 0.6 is 0 Å². The SMILES string of the molecule is CCC(C)(C)C1CCC2(CC1)NC(=O)N(CC(=O)N(C)CC(C)C(=O)O)C2=O. The number of urea groups is 1. The molecule has 0 radical (unpaired) electrons. The molecule has 0 bridgehead atoms. The number of carboxylic acid groups (broad SMARTS) is 1. The van der Waals surface area contributed by atoms with Crippen molar-refractivity contribution in [2.45, 2.75) is 65.3 Å². The Kier molecular flexibility index (Phi) is 6.41. The molecule has 8 heteroatoms. The van der Waals surface area contributed by atoms with Crippen LogP contribution in [0.5, 0.6) is 0 Å². The van der Waals surface area contributed by atoms with Gasteiger partial charge in [0, 0.05) is 13.6 Å². The second-order valence-corrected chi connectivity index (χ2v) is 9.03. The number of hydrogen-bond donors (Lipinski definition) is 2. The first-order chi connectivity index (χ1) is 12.9. The van der Waals surface area contributed by atoms with Crippen LogP contribution in [0.3, 0.4) is 0 Å². The van der Waals surface area contributed by atoms with Gasteiger partial charge in [-0.1, -0.05) is 34.1 Å². The Bertz CT molecular complexity index is 652. The number of carbonyl (C=O) groups is 4. The maximum absolute atomic E-state index is 13.0. The molecule has 2 N–H and O–H groups in total. The van der Waals surface area contributed by atoms with Crippen molar-refractivity contribution in [3.63, 3.8) is 0 Å². The average molecular weight is 396 g/mol. The van der Waals surface area contributed by atoms with Gasteiger partial charge in [-0.2, -0.15) is 0 Å². The highest BCUT2D eigenvalue weighted by Gasteiger charge is 2.53. The molecular weight excluding hydrogens is 362 g/mol. The maximum atomic E-state index is 13.0. The summed E-state index contributed by atoms with van der Waals surface area (Å²) in [5.74, 6) is -2.00. The largest absolute Gasteiger partial charge is 0.481 e. The molecule has 2 rings (SSSR count). The van der Waals surface area contributed by atoms with Crippen LogP contribution < -0.4 is 5.32 Å². The van der Waals surface area contributed by atoms with Gasteiger partial charge in [0.1, 0.15) is 12.1 Å². The first-order valence-corrected chi connectivity index (χ1v) is 10.0. The van der Waals surface area contributed by atoms with Gasteiger partial charge in [-0.25, -0.2) is 4.79 Å². The fourth-order valence-corrected chi connectivity index (χ4v) is 4.19. The molecule has 8 nitrogen and oxygen atoms in total. The third-order valence-electron chi connectivity index (χ3n) is 6.79. The van der Waals surface area contributed by atoms with Gasteiger partial charge in [0.05, 0.1) is 5.92 Å². The lowest BCUT2D eigenvalue weighted by Gasteiger charge is -2.42. The Morgan fingerprint density at radius 3 is 2.39 bits per heavy atom. The van der Waals surface area contributed by atoms with E-state index in [2.05, 4.69) is 26.1 Å². The molecule has 1 atom stereocenters. The number of amides is 4. The summed E-state index contributed by atoms with van der Waals surface area (Å²) in [7, 11) is 1.48. The van der Waals surface area contributed by atoms with E-state index in [0.29, 0.717) is 18.8 Å². The highest BCUT2D eigenvalue weighted by Crippen LogP contribution is 2.45. The minimum absolute atomic E-state index is 0.0245. The summed E-state index contributed by atoms with van der Waals surface area (Å²) in [5, 5.41) is 11.8. The zero-order valence-electron chi connectivity index (χ0n) is 17.6. The van der Waals surface area contributed by atoms with E-state index < -0.39 is 29.4 Å². The molecule has 1 aliphatic carbocycles. The molecule has 1 spiro atoms. The number of rotatable bonds is 7. The minimum atomic E-state index is -1.000. The lowest BCUT2D eigenvalue weighted by atomic mass is 9.65. The van der Waals surface area contributed by atoms with Gasteiger partial charge < -0.3 is 15.3 Å². The molecule has 1 heterocycles. The van der Waals surface area contributed by atoms with Gasteiger partial charge in [0.15, 0.2) is 0 Å². The molecule has 1 unspecified atom stereocenters. The van der Waals surface area contributed by atoms with Crippen LogP contribution in [0.2, 0.25) is 0 Å². The van der Waals surface area contributed by atoms with E-state index >= 15 is 0 Å². The molecule has 28 heavy (non-hydrogen) atoms. The number of imide groups is 1. The van der Waals surface area contributed by atoms with E-state index in [4.69, 9.17) is 5.11 Å². The summed E-state index contributed by atoms with van der Waals surface area (Å²) < 4.78 is 0. The summed E-state index contributed by atoms with van der Waals surface area (Å²) in [6.45, 7) is 7.82. The van der Waals surface area contributed by atoms with Crippen molar-refractivity contribution in [1.29, 1.82) is 0 Å². The molecule has 2 fully saturated rings. The maximum Gasteiger partial charge on any atom is 0.325 e. The van der Waals surface area contributed by atoms with Crippen molar-refractivity contribution in [1.82, 2.24) is 15.1 Å². The normalized spacial score (nSPS) is 26.3. The number of carboxylic acids is 1. The molecule has 1 saturated heterocycles. The number of aliphatic carboxylic acids is 1. The van der Waals surface area contributed by atoms with Gasteiger partial charge >= 0.3 is 12.0 Å². The topological polar surface area (TPSA) is 107 Å². The lowest BCUT2D eigenvalue weighted by molar-refractivity contribution is -0.144. The number of hydrogen-bond acceptors (Lipinski definition) is 4. The number of likely N-dealkylation sites (N-methyl/N-ethyl adjacent to an activating group) is 1. The number of nitrogens with zero attached hydrogens (tertiary/aromatic N) is 2. The van der Waals surface area contributed by atoms with Crippen LogP contribution in [-0.2, 0) is 14.4 Å². The Labute approximate surface area is 166 Å². The number of nitrogens with one attached hydrogen (secondary N) is 1. The second kappa shape index (κ2) is 8.09. The van der Waals surface area contributed by atoms with Crippen LogP contribution in [-0.4, -0.2) is 64.4 Å². The Balaban J connectivity index is 2.00. The molecular formula is C20H33N3O5. The van der Waals surface area contributed by atoms with Crippen LogP contribution in [0.1, 0.15) is 59.8 Å². The fraction of sp³-hybridized carbons (Fsp3) is 0.800. The van der Waals surface area contributed by atoms with Crippen molar-refractivity contribution in [3.8, 4) is 0 Å². The Morgan fingerprint density at radius 2 is 1.89 bits per heavy atom. The van der Waals surface area contributed by atoms with Crippen molar-refractivity contribution in [2.75, 3.05) is 20.1 Å². The quantitative estimate of drug-likeness (QED) is 0.642. The zero-order chi connectivity index (χ0) is 21.3. The third kappa shape index (κ3) is 4.31. The molecule has 0 aromatic rings. The highest BCUT2D eigenvalue weighted by molar-refractivity contribution is 6.09. The molecule has 0 aromatic heterocycles. The van der Waals surface area contributed by atoms with E-state index in [1.807, 2.05) is 0 Å². The lowest BCUT2D eigenvalue weighted by Crippen LogP contribution is -2.51. The van der Waals surface area contributed by atoms with E-state index in [9.17, 15) is 19.2 Å². The minimum Gasteiger partial charge on any atom is -0.481 e. The van der Waals surface area contributed by atoms with Gasteiger partial charge in [0.25, 0.3) is 5.91 Å². The predicted octanol–water partition coefficient (Wildman–Crippen LogP) is 2.08. The summed E-state index contributed by atoms with van der Waals surface area (Å²) in [6, 6.07) is -0.536. The first kappa shape index (κ1) is 22.2. The van der Waals surface area contributed by atoms with Crippen molar-refractivity contribution in [3.05, 3.63) is 0 Å². The van der Waals surface area contributed by atoms with Gasteiger partial charge in [-0.3, -0.25) is 19.3 Å². The van der Waals surface area contributed by atoms with Crippen LogP contribution in [0.15, 0.2) is 0 Å². The predicted molar refractivity (Wildman–Crippen MR) is 103 cm³/mol. The van der Waals surface area contributed by atoms with E-state index in [0.717, 1.165) is 24.2 Å². The van der Waals surface area contributed by atoms with Crippen LogP contribution in [0.4, 0.5) is 4.79 Å². The molecule has 158 valence electrons. The molecule has 4 amide bonds. The van der Waals surface area contributed by atoms with Crippen molar-refractivity contribution in [2.24, 2.45) is 17.3 Å². The first-order valence-electron chi connectivity index (χ1n) is 10.0. The smallest absolute Gasteiger partial charge is 0.325 e. The molecule has 0 aromatic carbocycles. The van der Waals surface area contributed by atoms with E-state index in [1.165, 1.54) is 18.9 Å². The van der Waals surface area contributed by atoms with Gasteiger partial charge in [0.2, 0.25) is 5.91 Å². The van der Waals surface area contributed by atoms with Gasteiger partial charge in [-0.15, -0.1) is 0 Å². The summed E-state index contributed by atoms with van der Waals surface area (Å²) in [4.78, 5) is 51.0. The Morgan fingerprint density at radius 1 is 1.32 bits per heavy atom. The van der Waals surface area contributed by atoms with Crippen molar-refractivity contribution >= 4 is 23.8 Å². The molecule has 1 saturated carbocycles. The van der Waals surface area contributed by atoms with Crippen LogP contribution in [0.25, 0.3) is 0 Å². The summed E-state index contributed by atoms with van der Waals surface area (Å²) in [5.41, 5.74) is -0.697. The van der Waals surface area contributed by atoms with Gasteiger partial charge in [-0.05, 0) is 37.0 Å². The average Bonchev–Trinajstić information content (AvgIpc) is 2.85. The number of carbonyl (C=O) groups excluding carboxylic acids is 3. The highest BCUT2D eigenvalue weighted by atomic mass is 16.4. The zero-order valence-corrected chi connectivity index (χ0v) is 17.6. The Hall–Kier alpha value is -2.12. The third-order valence-corrected chi connectivity index (χ3v) is 6.79. The standard InChI is InChI=1S/C20H33N3O5/c1-6-19(3,4)14-7-9-20(10-8-14)17(27)23(18(28)21-20)12-15(24)22(5)11-13(2)16(25)26/h13-14H,6-12H2,1-5H3,(H,21,28)(H,25,26). The second-order valence-electron chi connectivity index (χ2n) is 9.03. The molecule has 2 aliphatic rings. The summed E-state index contributed by atoms with van der Waals surface area (Å²) >= 11 is 0. The van der Waals surface area contributed by atoms with E-state index in [-0.39, 0.29) is 24.4 Å². The molecule has 1 aliphatic heterocycles. The fourth-order valence-electron chi connectivity index (χ4n) is 4.19. The monoisotopic (exact) mass is 395 g/mol. The van der Waals surface area contributed by atoms with Crippen LogP contribution in [0, 0.1) is 17.3 Å². The summed E-state index contributed by atoms with van der Waals surface area (Å²) in [6.07, 6.45) is 3.96. The van der Waals surface area contributed by atoms with E-state index in [1.54, 1.807) is 0 Å².